The number of aromatic nitrogens is 1. The van der Waals surface area contributed by atoms with Crippen molar-refractivity contribution in [3.05, 3.63) is 69.1 Å². The minimum Gasteiger partial charge on any atom is -0.467 e. The Kier molecular flexibility index (Phi) is 9.49. The van der Waals surface area contributed by atoms with Crippen LogP contribution in [0.2, 0.25) is 0 Å². The third-order valence-electron chi connectivity index (χ3n) is 6.84. The molecule has 184 valence electrons. The molecule has 6 heteroatoms. The summed E-state index contributed by atoms with van der Waals surface area (Å²) < 4.78 is 6.79. The van der Waals surface area contributed by atoms with Crippen molar-refractivity contribution in [1.82, 2.24) is 9.88 Å². The van der Waals surface area contributed by atoms with Crippen molar-refractivity contribution >= 4 is 11.9 Å². The van der Waals surface area contributed by atoms with Gasteiger partial charge in [-0.15, -0.1) is 0 Å². The molecule has 1 aliphatic carbocycles. The van der Waals surface area contributed by atoms with Crippen LogP contribution in [-0.2, 0) is 35.3 Å². The van der Waals surface area contributed by atoms with Crippen LogP contribution in [0, 0.1) is 5.92 Å². The molecule has 1 aliphatic rings. The Labute approximate surface area is 202 Å². The van der Waals surface area contributed by atoms with E-state index in [1.165, 1.54) is 26.4 Å². The SMILES string of the molecule is CCCc1c(CC)cc(C(=O)N[C@@H](Cc2ccccc2)C(=O)OC)c(=O)n1CC1CCCCC1. The molecular weight excluding hydrogens is 428 g/mol. The summed E-state index contributed by atoms with van der Waals surface area (Å²) in [5.41, 5.74) is 2.83. The molecule has 0 unspecified atom stereocenters. The van der Waals surface area contributed by atoms with Crippen molar-refractivity contribution in [2.75, 3.05) is 7.11 Å². The summed E-state index contributed by atoms with van der Waals surface area (Å²) in [6.07, 6.45) is 8.68. The van der Waals surface area contributed by atoms with Gasteiger partial charge in [0.05, 0.1) is 7.11 Å². The van der Waals surface area contributed by atoms with Crippen molar-refractivity contribution in [3.8, 4) is 0 Å². The van der Waals surface area contributed by atoms with Crippen LogP contribution in [0.4, 0.5) is 0 Å². The number of ether oxygens (including phenoxy) is 1. The molecule has 0 spiro atoms. The van der Waals surface area contributed by atoms with Gasteiger partial charge < -0.3 is 14.6 Å². The predicted octanol–water partition coefficient (Wildman–Crippen LogP) is 4.46. The fourth-order valence-corrected chi connectivity index (χ4v) is 5.00. The first-order valence-corrected chi connectivity index (χ1v) is 12.7. The summed E-state index contributed by atoms with van der Waals surface area (Å²) in [5, 5.41) is 2.78. The molecule has 1 heterocycles. The summed E-state index contributed by atoms with van der Waals surface area (Å²) in [4.78, 5) is 39.4. The molecule has 3 rings (SSSR count). The third kappa shape index (κ3) is 6.37. The van der Waals surface area contributed by atoms with Crippen molar-refractivity contribution in [2.24, 2.45) is 5.92 Å². The lowest BCUT2D eigenvalue weighted by atomic mass is 9.89. The quantitative estimate of drug-likeness (QED) is 0.525. The molecule has 1 N–H and O–H groups in total. The number of benzene rings is 1. The van der Waals surface area contributed by atoms with Crippen LogP contribution in [0.3, 0.4) is 0 Å². The maximum atomic E-state index is 13.6. The van der Waals surface area contributed by atoms with Crippen LogP contribution in [0.15, 0.2) is 41.2 Å². The first-order chi connectivity index (χ1) is 16.5. The van der Waals surface area contributed by atoms with Crippen LogP contribution in [-0.4, -0.2) is 29.6 Å². The van der Waals surface area contributed by atoms with Gasteiger partial charge in [-0.3, -0.25) is 9.59 Å². The number of carbonyl (C=O) groups is 2. The smallest absolute Gasteiger partial charge is 0.328 e. The second-order valence-electron chi connectivity index (χ2n) is 9.29. The predicted molar refractivity (Wildman–Crippen MR) is 134 cm³/mol. The highest BCUT2D eigenvalue weighted by atomic mass is 16.5. The maximum Gasteiger partial charge on any atom is 0.328 e. The lowest BCUT2D eigenvalue weighted by Crippen LogP contribution is -2.45. The lowest BCUT2D eigenvalue weighted by Gasteiger charge is -2.26. The average Bonchev–Trinajstić information content (AvgIpc) is 2.86. The zero-order chi connectivity index (χ0) is 24.5. The number of hydrogen-bond donors (Lipinski definition) is 1. The molecule has 6 nitrogen and oxygen atoms in total. The van der Waals surface area contributed by atoms with Gasteiger partial charge in [0.1, 0.15) is 11.6 Å². The number of carbonyl (C=O) groups excluding carboxylic acids is 2. The molecule has 34 heavy (non-hydrogen) atoms. The summed E-state index contributed by atoms with van der Waals surface area (Å²) in [6, 6.07) is 10.3. The molecule has 0 bridgehead atoms. The highest BCUT2D eigenvalue weighted by Gasteiger charge is 2.26. The fraction of sp³-hybridized carbons (Fsp3) is 0.536. The second kappa shape index (κ2) is 12.5. The first-order valence-electron chi connectivity index (χ1n) is 12.7. The molecule has 1 atom stereocenters. The standard InChI is InChI=1S/C28H38N2O4/c1-4-12-25-22(5-2)18-23(27(32)30(25)19-21-15-10-7-11-16-21)26(31)29-24(28(33)34-3)17-20-13-8-6-9-14-20/h6,8-9,13-14,18,21,24H,4-5,7,10-12,15-17,19H2,1-3H3,(H,29,31)/t24-/m0/s1. The molecule has 0 saturated heterocycles. The highest BCUT2D eigenvalue weighted by Crippen LogP contribution is 2.26. The lowest BCUT2D eigenvalue weighted by molar-refractivity contribution is -0.142. The molecular formula is C28H38N2O4. The Hall–Kier alpha value is -2.89. The zero-order valence-electron chi connectivity index (χ0n) is 20.8. The topological polar surface area (TPSA) is 77.4 Å². The van der Waals surface area contributed by atoms with Crippen LogP contribution in [0.5, 0.6) is 0 Å². The Morgan fingerprint density at radius 2 is 1.82 bits per heavy atom. The van der Waals surface area contributed by atoms with Crippen molar-refractivity contribution < 1.29 is 14.3 Å². The van der Waals surface area contributed by atoms with Crippen LogP contribution in [0.1, 0.15) is 79.6 Å². The zero-order valence-corrected chi connectivity index (χ0v) is 20.8. The molecule has 1 aromatic heterocycles. The number of hydrogen-bond acceptors (Lipinski definition) is 4. The van der Waals surface area contributed by atoms with E-state index < -0.39 is 17.9 Å². The van der Waals surface area contributed by atoms with Gasteiger partial charge in [0.2, 0.25) is 0 Å². The van der Waals surface area contributed by atoms with Crippen molar-refractivity contribution in [1.29, 1.82) is 0 Å². The van der Waals surface area contributed by atoms with Gasteiger partial charge >= 0.3 is 5.97 Å². The molecule has 1 amide bonds. The number of rotatable bonds is 10. The largest absolute Gasteiger partial charge is 0.467 e. The van der Waals surface area contributed by atoms with Crippen LogP contribution >= 0.6 is 0 Å². The normalized spacial score (nSPS) is 15.0. The Morgan fingerprint density at radius 1 is 1.12 bits per heavy atom. The van der Waals surface area contributed by atoms with Gasteiger partial charge in [0.15, 0.2) is 0 Å². The monoisotopic (exact) mass is 466 g/mol. The maximum absolute atomic E-state index is 13.6. The summed E-state index contributed by atoms with van der Waals surface area (Å²) in [7, 11) is 1.30. The number of esters is 1. The molecule has 1 fully saturated rings. The van der Waals surface area contributed by atoms with Crippen molar-refractivity contribution in [3.63, 3.8) is 0 Å². The summed E-state index contributed by atoms with van der Waals surface area (Å²) >= 11 is 0. The van der Waals surface area contributed by atoms with E-state index in [1.807, 2.05) is 34.9 Å². The van der Waals surface area contributed by atoms with E-state index in [2.05, 4.69) is 19.2 Å². The summed E-state index contributed by atoms with van der Waals surface area (Å²) in [6.45, 7) is 4.82. The number of nitrogens with one attached hydrogen (secondary N) is 1. The van der Waals surface area contributed by atoms with E-state index >= 15 is 0 Å². The van der Waals surface area contributed by atoms with E-state index in [0.717, 1.165) is 48.9 Å². The molecule has 0 aliphatic heterocycles. The summed E-state index contributed by atoms with van der Waals surface area (Å²) in [5.74, 6) is -0.588. The number of methoxy groups -OCH3 is 1. The molecule has 1 saturated carbocycles. The van der Waals surface area contributed by atoms with E-state index in [9.17, 15) is 14.4 Å². The molecule has 2 aromatic rings. The molecule has 0 radical (unpaired) electrons. The Balaban J connectivity index is 1.94. The number of aryl methyl sites for hydroxylation is 1. The van der Waals surface area contributed by atoms with Crippen molar-refractivity contribution in [2.45, 2.75) is 84.2 Å². The van der Waals surface area contributed by atoms with Crippen LogP contribution < -0.4 is 10.9 Å². The van der Waals surface area contributed by atoms with Gasteiger partial charge in [-0.05, 0) is 48.8 Å². The van der Waals surface area contributed by atoms with Gasteiger partial charge in [-0.25, -0.2) is 4.79 Å². The Morgan fingerprint density at radius 3 is 2.44 bits per heavy atom. The van der Waals surface area contributed by atoms with E-state index in [-0.39, 0.29) is 11.1 Å². The van der Waals surface area contributed by atoms with Crippen LogP contribution in [0.25, 0.3) is 0 Å². The van der Waals surface area contributed by atoms with E-state index in [4.69, 9.17) is 4.74 Å². The Bertz CT molecular complexity index is 1020. The number of pyridine rings is 1. The van der Waals surface area contributed by atoms with Gasteiger partial charge in [0, 0.05) is 18.7 Å². The first kappa shape index (κ1) is 25.7. The second-order valence-corrected chi connectivity index (χ2v) is 9.29. The van der Waals surface area contributed by atoms with E-state index in [1.54, 1.807) is 6.07 Å². The number of nitrogens with zero attached hydrogens (tertiary/aromatic N) is 1. The average molecular weight is 467 g/mol. The minimum absolute atomic E-state index is 0.106. The van der Waals surface area contributed by atoms with Gasteiger partial charge in [0.25, 0.3) is 11.5 Å². The molecule has 1 aromatic carbocycles. The van der Waals surface area contributed by atoms with Gasteiger partial charge in [-0.2, -0.15) is 0 Å². The van der Waals surface area contributed by atoms with Gasteiger partial charge in [-0.1, -0.05) is 69.9 Å². The van der Waals surface area contributed by atoms with E-state index in [0.29, 0.717) is 18.9 Å². The fourth-order valence-electron chi connectivity index (χ4n) is 5.00. The minimum atomic E-state index is -0.869. The highest BCUT2D eigenvalue weighted by molar-refractivity contribution is 5.96. The number of amides is 1. The third-order valence-corrected chi connectivity index (χ3v) is 6.84.